The lowest BCUT2D eigenvalue weighted by Gasteiger charge is -2.36. The second-order valence-electron chi connectivity index (χ2n) is 9.47. The zero-order valence-electron chi connectivity index (χ0n) is 19.6. The van der Waals surface area contributed by atoms with Crippen LogP contribution in [0.25, 0.3) is 22.4 Å². The van der Waals surface area contributed by atoms with E-state index in [9.17, 15) is 9.59 Å². The molecule has 0 aliphatic heterocycles. The van der Waals surface area contributed by atoms with Gasteiger partial charge in [0.1, 0.15) is 12.4 Å². The van der Waals surface area contributed by atoms with E-state index in [1.165, 1.54) is 45.6 Å². The number of benzene rings is 2. The van der Waals surface area contributed by atoms with Crippen molar-refractivity contribution < 1.29 is 14.3 Å². The molecule has 2 aliphatic carbocycles. The molecule has 3 aromatic rings. The number of carbonyl (C=O) groups is 2. The molecule has 2 aliphatic rings. The average molecular weight is 482 g/mol. The van der Waals surface area contributed by atoms with E-state index in [-0.39, 0.29) is 36.4 Å². The molecule has 5 rings (SSSR count). The van der Waals surface area contributed by atoms with Crippen LogP contribution in [0.5, 0.6) is 0 Å². The molecule has 0 bridgehead atoms. The maximum Gasteiger partial charge on any atom is 0.337 e. The van der Waals surface area contributed by atoms with E-state index in [0.717, 1.165) is 35.3 Å². The summed E-state index contributed by atoms with van der Waals surface area (Å²) in [6.07, 6.45) is 9.59. The van der Waals surface area contributed by atoms with Gasteiger partial charge in [0.05, 0.1) is 23.7 Å². The molecule has 2 fully saturated rings. The van der Waals surface area contributed by atoms with E-state index in [1.54, 1.807) is 12.1 Å². The number of hydrogen-bond acceptors (Lipinski definition) is 4. The minimum absolute atomic E-state index is 0. The first-order valence-electron chi connectivity index (χ1n) is 12.0. The van der Waals surface area contributed by atoms with Crippen LogP contribution in [-0.4, -0.2) is 34.1 Å². The van der Waals surface area contributed by atoms with Gasteiger partial charge in [-0.1, -0.05) is 49.9 Å². The highest BCUT2D eigenvalue weighted by atomic mass is 35.5. The lowest BCUT2D eigenvalue weighted by Crippen LogP contribution is -2.52. The Bertz CT molecular complexity index is 1160. The van der Waals surface area contributed by atoms with Gasteiger partial charge in [-0.25, -0.2) is 9.78 Å². The Morgan fingerprint density at radius 3 is 2.38 bits per heavy atom. The first-order chi connectivity index (χ1) is 16.1. The number of hydrogen-bond donors (Lipinski definition) is 1. The Labute approximate surface area is 206 Å². The predicted octanol–water partition coefficient (Wildman–Crippen LogP) is 5.53. The first kappa shape index (κ1) is 24.3. The molecule has 0 atom stereocenters. The lowest BCUT2D eigenvalue weighted by atomic mass is 9.81. The van der Waals surface area contributed by atoms with Gasteiger partial charge in [0.15, 0.2) is 0 Å². The number of nitrogens with zero attached hydrogens (tertiary/aromatic N) is 2. The molecule has 2 aromatic carbocycles. The molecular formula is C27H32ClN3O3. The van der Waals surface area contributed by atoms with Crippen LogP contribution >= 0.6 is 12.4 Å². The summed E-state index contributed by atoms with van der Waals surface area (Å²) < 4.78 is 6.80. The predicted molar refractivity (Wildman–Crippen MR) is 135 cm³/mol. The highest BCUT2D eigenvalue weighted by Crippen LogP contribution is 2.43. The van der Waals surface area contributed by atoms with E-state index >= 15 is 0 Å². The van der Waals surface area contributed by atoms with Crippen LogP contribution in [0.15, 0.2) is 48.5 Å². The van der Waals surface area contributed by atoms with Gasteiger partial charge in [0, 0.05) is 11.1 Å². The largest absolute Gasteiger partial charge is 0.465 e. The van der Waals surface area contributed by atoms with Gasteiger partial charge in [-0.3, -0.25) is 4.79 Å². The normalized spacial score (nSPS) is 17.4. The monoisotopic (exact) mass is 481 g/mol. The molecule has 6 nitrogen and oxygen atoms in total. The summed E-state index contributed by atoms with van der Waals surface area (Å²) >= 11 is 0. The van der Waals surface area contributed by atoms with Gasteiger partial charge in [-0.2, -0.15) is 0 Å². The van der Waals surface area contributed by atoms with E-state index < -0.39 is 0 Å². The maximum atomic E-state index is 13.4. The fourth-order valence-corrected chi connectivity index (χ4v) is 5.91. The number of rotatable bonds is 6. The zero-order valence-corrected chi connectivity index (χ0v) is 20.4. The number of ether oxygens (including phenoxy) is 1. The Hall–Kier alpha value is -2.86. The standard InChI is InChI=1S/C27H31N3O3.ClH/c1-33-26(32)20-14-12-19(13-15-20)25-28-22-10-4-5-11-23(22)30(25)18-24(31)29-27(16-6-7-17-27)21-8-2-3-9-21;/h4-5,10-15,21H,2-3,6-9,16-18H2,1H3,(H,29,31);1H. The molecule has 1 N–H and O–H groups in total. The third-order valence-electron chi connectivity index (χ3n) is 7.54. The summed E-state index contributed by atoms with van der Waals surface area (Å²) in [5, 5.41) is 3.50. The second kappa shape index (κ2) is 10.2. The van der Waals surface area contributed by atoms with Crippen molar-refractivity contribution in [2.45, 2.75) is 63.5 Å². The topological polar surface area (TPSA) is 73.2 Å². The fourth-order valence-electron chi connectivity index (χ4n) is 5.91. The summed E-state index contributed by atoms with van der Waals surface area (Å²) in [6.45, 7) is 0.225. The summed E-state index contributed by atoms with van der Waals surface area (Å²) in [4.78, 5) is 30.1. The van der Waals surface area contributed by atoms with Gasteiger partial charge >= 0.3 is 5.97 Å². The third-order valence-corrected chi connectivity index (χ3v) is 7.54. The Morgan fingerprint density at radius 2 is 1.71 bits per heavy atom. The number of nitrogens with one attached hydrogen (secondary N) is 1. The van der Waals surface area contributed by atoms with Crippen molar-refractivity contribution in [1.82, 2.24) is 14.9 Å². The third kappa shape index (κ3) is 4.56. The molecule has 7 heteroatoms. The van der Waals surface area contributed by atoms with Crippen molar-refractivity contribution in [3.63, 3.8) is 0 Å². The highest BCUT2D eigenvalue weighted by molar-refractivity contribution is 5.90. The number of imidazole rings is 1. The van der Waals surface area contributed by atoms with Gasteiger partial charge < -0.3 is 14.6 Å². The quantitative estimate of drug-likeness (QED) is 0.470. The van der Waals surface area contributed by atoms with Crippen LogP contribution in [-0.2, 0) is 16.1 Å². The molecular weight excluding hydrogens is 450 g/mol. The molecule has 34 heavy (non-hydrogen) atoms. The molecule has 1 heterocycles. The average Bonchev–Trinajstić information content (AvgIpc) is 3.60. The number of fused-ring (bicyclic) bond motifs is 1. The van der Waals surface area contributed by atoms with E-state index in [0.29, 0.717) is 11.5 Å². The summed E-state index contributed by atoms with van der Waals surface area (Å²) in [6, 6.07) is 15.1. The Balaban J connectivity index is 0.00000274. The van der Waals surface area contributed by atoms with Gasteiger partial charge in [0.2, 0.25) is 5.91 Å². The Kier molecular flexibility index (Phi) is 7.27. The van der Waals surface area contributed by atoms with Crippen LogP contribution in [0, 0.1) is 5.92 Å². The first-order valence-corrected chi connectivity index (χ1v) is 12.0. The van der Waals surface area contributed by atoms with Crippen molar-refractivity contribution in [3.8, 4) is 11.4 Å². The molecule has 1 aromatic heterocycles. The minimum atomic E-state index is -0.372. The van der Waals surface area contributed by atoms with Gasteiger partial charge in [-0.05, 0) is 55.9 Å². The number of amides is 1. The van der Waals surface area contributed by atoms with Crippen molar-refractivity contribution in [1.29, 1.82) is 0 Å². The van der Waals surface area contributed by atoms with Crippen LogP contribution in [0.4, 0.5) is 0 Å². The molecule has 2 saturated carbocycles. The summed E-state index contributed by atoms with van der Waals surface area (Å²) in [5.74, 6) is 1.01. The highest BCUT2D eigenvalue weighted by Gasteiger charge is 2.43. The SMILES string of the molecule is COC(=O)c1ccc(-c2nc3ccccc3n2CC(=O)NC2(C3CCCC3)CCCC2)cc1.Cl. The maximum absolute atomic E-state index is 13.4. The molecule has 0 radical (unpaired) electrons. The minimum Gasteiger partial charge on any atom is -0.465 e. The van der Waals surface area contributed by atoms with Crippen molar-refractivity contribution in [2.75, 3.05) is 7.11 Å². The molecule has 0 spiro atoms. The number of aromatic nitrogens is 2. The van der Waals surface area contributed by atoms with E-state index in [4.69, 9.17) is 9.72 Å². The lowest BCUT2D eigenvalue weighted by molar-refractivity contribution is -0.124. The number of para-hydroxylation sites is 2. The fraction of sp³-hybridized carbons (Fsp3) is 0.444. The number of methoxy groups -OCH3 is 1. The van der Waals surface area contributed by atoms with E-state index in [1.807, 2.05) is 41.0 Å². The van der Waals surface area contributed by atoms with Gasteiger partial charge in [0.25, 0.3) is 0 Å². The smallest absolute Gasteiger partial charge is 0.337 e. The molecule has 0 saturated heterocycles. The zero-order chi connectivity index (χ0) is 22.8. The number of carbonyl (C=O) groups excluding carboxylic acids is 2. The van der Waals surface area contributed by atoms with E-state index in [2.05, 4.69) is 5.32 Å². The second-order valence-corrected chi connectivity index (χ2v) is 9.47. The van der Waals surface area contributed by atoms with Crippen LogP contribution in [0.2, 0.25) is 0 Å². The van der Waals surface area contributed by atoms with Crippen molar-refractivity contribution in [3.05, 3.63) is 54.1 Å². The summed E-state index contributed by atoms with van der Waals surface area (Å²) in [5.41, 5.74) is 3.09. The van der Waals surface area contributed by atoms with Crippen LogP contribution in [0.3, 0.4) is 0 Å². The molecule has 1 amide bonds. The van der Waals surface area contributed by atoms with Crippen LogP contribution in [0.1, 0.15) is 61.7 Å². The number of halogens is 1. The van der Waals surface area contributed by atoms with Crippen molar-refractivity contribution in [2.24, 2.45) is 5.92 Å². The molecule has 180 valence electrons. The van der Waals surface area contributed by atoms with Crippen LogP contribution < -0.4 is 5.32 Å². The van der Waals surface area contributed by atoms with Crippen molar-refractivity contribution >= 4 is 35.3 Å². The van der Waals surface area contributed by atoms with Gasteiger partial charge in [-0.15, -0.1) is 12.4 Å². The summed E-state index contributed by atoms with van der Waals surface area (Å²) in [7, 11) is 1.37. The Morgan fingerprint density at radius 1 is 1.03 bits per heavy atom. The number of esters is 1. The molecule has 0 unspecified atom stereocenters.